The molecule has 0 spiro atoms. The Morgan fingerprint density at radius 1 is 0.721 bits per heavy atom. The fourth-order valence-electron chi connectivity index (χ4n) is 5.39. The molecule has 0 aliphatic carbocycles. The highest BCUT2D eigenvalue weighted by Gasteiger charge is 2.40. The van der Waals surface area contributed by atoms with Crippen molar-refractivity contribution >= 4 is 35.8 Å². The molecular formula is C48H54N2O11. The molecule has 0 aliphatic rings. The number of hydrogen-bond acceptors (Lipinski definition) is 11. The Bertz CT molecular complexity index is 2070. The summed E-state index contributed by atoms with van der Waals surface area (Å²) in [6.07, 6.45) is 26.8. The summed E-state index contributed by atoms with van der Waals surface area (Å²) in [4.78, 5) is 80.6. The predicted octanol–water partition coefficient (Wildman–Crippen LogP) is 8.74. The van der Waals surface area contributed by atoms with Gasteiger partial charge in [0.2, 0.25) is 0 Å². The van der Waals surface area contributed by atoms with Crippen molar-refractivity contribution in [2.45, 2.75) is 78.2 Å². The largest absolute Gasteiger partial charge is 0.478 e. The molecule has 0 fully saturated rings. The Morgan fingerprint density at radius 2 is 1.34 bits per heavy atom. The quantitative estimate of drug-likeness (QED) is 0.0272. The topological polar surface area (TPSA) is 184 Å². The number of rotatable bonds is 25. The van der Waals surface area contributed by atoms with Gasteiger partial charge in [-0.15, -0.1) is 0 Å². The van der Waals surface area contributed by atoms with E-state index in [1.165, 1.54) is 73.1 Å². The number of nitrogens with one attached hydrogen (secondary N) is 1. The second kappa shape index (κ2) is 27.0. The molecule has 13 nitrogen and oxygen atoms in total. The average molecular weight is 835 g/mol. The fourth-order valence-corrected chi connectivity index (χ4v) is 5.39. The fraction of sp³-hybridized carbons (Fsp3) is 0.312. The average Bonchev–Trinajstić information content (AvgIpc) is 3.25. The van der Waals surface area contributed by atoms with Gasteiger partial charge < -0.3 is 29.4 Å². The van der Waals surface area contributed by atoms with E-state index in [0.29, 0.717) is 12.8 Å². The lowest BCUT2D eigenvalue weighted by Gasteiger charge is -2.32. The molecule has 1 aromatic heterocycles. The van der Waals surface area contributed by atoms with E-state index in [9.17, 15) is 33.9 Å². The highest BCUT2D eigenvalue weighted by molar-refractivity contribution is 5.97. The number of carbonyl (C=O) groups excluding carboxylic acids is 5. The summed E-state index contributed by atoms with van der Waals surface area (Å²) >= 11 is 0. The molecule has 322 valence electrons. The minimum absolute atomic E-state index is 0.0960. The molecule has 2 N–H and O–H groups in total. The molecule has 1 atom stereocenters. The van der Waals surface area contributed by atoms with E-state index >= 15 is 0 Å². The van der Waals surface area contributed by atoms with Gasteiger partial charge in [0.25, 0.3) is 5.91 Å². The van der Waals surface area contributed by atoms with Crippen LogP contribution in [0.4, 0.5) is 0 Å². The number of amides is 1. The van der Waals surface area contributed by atoms with Crippen molar-refractivity contribution in [3.05, 3.63) is 151 Å². The SMILES string of the molecule is CC/C=C\C/C=C\C/C=C\C/C=C/C=C\CCCC(=O)OCC(C)(C)C(OC(=O)c1cccnc1)C(=O)NCCC(=O)Oc1ccccc1C(=O)Oc1ccccc1C(=O)O. The number of allylic oxidation sites excluding steroid dienone is 10. The van der Waals surface area contributed by atoms with Crippen LogP contribution in [0.3, 0.4) is 0 Å². The number of aromatic carboxylic acids is 1. The van der Waals surface area contributed by atoms with Gasteiger partial charge in [0.05, 0.1) is 12.0 Å². The standard InChI is InChI=1S/C48H54N2O11/c1-4-5-6-7-8-9-10-11-12-13-14-15-16-17-18-19-30-41(51)58-35-48(2,3)43(61-46(56)36-25-24-32-49-34-36)44(53)50-33-31-42(52)59-40-29-23-21-27-38(40)47(57)60-39-28-22-20-26-37(39)45(54)55/h5-6,8-9,11-12,14-17,20-29,32,34,43H,4,7,10,13,18-19,30-31,33,35H2,1-3H3,(H,50,53)(H,54,55)/b6-5-,9-8-,12-11-,15-14+,17-16-. The van der Waals surface area contributed by atoms with Crippen molar-refractivity contribution in [1.29, 1.82) is 0 Å². The van der Waals surface area contributed by atoms with Crippen molar-refractivity contribution in [3.63, 3.8) is 0 Å². The summed E-state index contributed by atoms with van der Waals surface area (Å²) in [6, 6.07) is 14.3. The zero-order chi connectivity index (χ0) is 44.3. The molecule has 2 aromatic carbocycles. The van der Waals surface area contributed by atoms with E-state index in [4.69, 9.17) is 18.9 Å². The summed E-state index contributed by atoms with van der Waals surface area (Å²) in [5, 5.41) is 12.0. The molecule has 0 aliphatic heterocycles. The molecule has 0 bridgehead atoms. The molecule has 3 aromatic rings. The number of para-hydroxylation sites is 2. The van der Waals surface area contributed by atoms with Gasteiger partial charge in [0, 0.05) is 30.8 Å². The molecule has 13 heteroatoms. The first-order valence-corrected chi connectivity index (χ1v) is 20.1. The maximum absolute atomic E-state index is 13.6. The van der Waals surface area contributed by atoms with Crippen LogP contribution < -0.4 is 14.8 Å². The third-order valence-electron chi connectivity index (χ3n) is 8.64. The van der Waals surface area contributed by atoms with Crippen LogP contribution in [0.5, 0.6) is 11.5 Å². The van der Waals surface area contributed by atoms with E-state index in [1.54, 1.807) is 13.8 Å². The van der Waals surface area contributed by atoms with Gasteiger partial charge in [-0.05, 0) is 74.9 Å². The first-order chi connectivity index (χ1) is 29.4. The van der Waals surface area contributed by atoms with Crippen LogP contribution in [-0.2, 0) is 23.9 Å². The summed E-state index contributed by atoms with van der Waals surface area (Å²) in [5.74, 6) is -5.48. The third-order valence-corrected chi connectivity index (χ3v) is 8.64. The molecule has 1 unspecified atom stereocenters. The van der Waals surface area contributed by atoms with Gasteiger partial charge in [-0.3, -0.25) is 19.4 Å². The smallest absolute Gasteiger partial charge is 0.347 e. The van der Waals surface area contributed by atoms with E-state index in [2.05, 4.69) is 53.7 Å². The minimum atomic E-state index is -1.46. The molecule has 0 saturated carbocycles. The number of benzene rings is 2. The monoisotopic (exact) mass is 834 g/mol. The normalized spacial score (nSPS) is 12.2. The zero-order valence-corrected chi connectivity index (χ0v) is 34.8. The minimum Gasteiger partial charge on any atom is -0.478 e. The molecule has 1 heterocycles. The van der Waals surface area contributed by atoms with Crippen molar-refractivity contribution in [1.82, 2.24) is 10.3 Å². The van der Waals surface area contributed by atoms with Crippen molar-refractivity contribution in [2.75, 3.05) is 13.2 Å². The van der Waals surface area contributed by atoms with Crippen molar-refractivity contribution in [3.8, 4) is 11.5 Å². The maximum atomic E-state index is 13.6. The van der Waals surface area contributed by atoms with Gasteiger partial charge in [0.15, 0.2) is 6.10 Å². The third kappa shape index (κ3) is 18.3. The van der Waals surface area contributed by atoms with Crippen LogP contribution in [0.25, 0.3) is 0 Å². The number of carboxylic acid groups (broad SMARTS) is 1. The van der Waals surface area contributed by atoms with Gasteiger partial charge in [-0.1, -0.05) is 106 Å². The summed E-state index contributed by atoms with van der Waals surface area (Å²) < 4.78 is 21.9. The van der Waals surface area contributed by atoms with Crippen molar-refractivity contribution in [2.24, 2.45) is 5.41 Å². The molecule has 1 amide bonds. The molecular weight excluding hydrogens is 781 g/mol. The van der Waals surface area contributed by atoms with Crippen LogP contribution in [0, 0.1) is 5.41 Å². The number of carbonyl (C=O) groups is 6. The highest BCUT2D eigenvalue weighted by atomic mass is 16.6. The summed E-state index contributed by atoms with van der Waals surface area (Å²) in [5.41, 5.74) is -1.49. The summed E-state index contributed by atoms with van der Waals surface area (Å²) in [7, 11) is 0. The first-order valence-electron chi connectivity index (χ1n) is 20.1. The Kier molecular flexibility index (Phi) is 21.4. The number of hydrogen-bond donors (Lipinski definition) is 2. The first kappa shape index (κ1) is 48.5. The maximum Gasteiger partial charge on any atom is 0.347 e. The number of aromatic nitrogens is 1. The Morgan fingerprint density at radius 3 is 2.00 bits per heavy atom. The number of ether oxygens (including phenoxy) is 4. The van der Waals surface area contributed by atoms with Gasteiger partial charge in [-0.25, -0.2) is 14.4 Å². The number of pyridine rings is 1. The number of nitrogens with zero attached hydrogens (tertiary/aromatic N) is 1. The van der Waals surface area contributed by atoms with Crippen LogP contribution >= 0.6 is 0 Å². The number of carboxylic acids is 1. The highest BCUT2D eigenvalue weighted by Crippen LogP contribution is 2.27. The second-order valence-corrected chi connectivity index (χ2v) is 14.2. The Hall–Kier alpha value is -6.89. The van der Waals surface area contributed by atoms with Gasteiger partial charge in [0.1, 0.15) is 29.2 Å². The van der Waals surface area contributed by atoms with Crippen LogP contribution in [0.15, 0.2) is 134 Å². The number of unbranched alkanes of at least 4 members (excludes halogenated alkanes) is 1. The number of esters is 4. The molecule has 61 heavy (non-hydrogen) atoms. The molecule has 0 radical (unpaired) electrons. The Balaban J connectivity index is 1.51. The van der Waals surface area contributed by atoms with E-state index in [1.807, 2.05) is 24.3 Å². The van der Waals surface area contributed by atoms with Crippen LogP contribution in [0.1, 0.15) is 103 Å². The van der Waals surface area contributed by atoms with Crippen molar-refractivity contribution < 1.29 is 52.8 Å². The van der Waals surface area contributed by atoms with Crippen LogP contribution in [0.2, 0.25) is 0 Å². The van der Waals surface area contributed by atoms with E-state index in [-0.39, 0.29) is 54.2 Å². The zero-order valence-electron chi connectivity index (χ0n) is 34.8. The Labute approximate surface area is 356 Å². The lowest BCUT2D eigenvalue weighted by atomic mass is 9.86. The van der Waals surface area contributed by atoms with Gasteiger partial charge >= 0.3 is 29.8 Å². The van der Waals surface area contributed by atoms with E-state index < -0.39 is 47.3 Å². The second-order valence-electron chi connectivity index (χ2n) is 14.2. The summed E-state index contributed by atoms with van der Waals surface area (Å²) in [6.45, 7) is 4.82. The van der Waals surface area contributed by atoms with Crippen LogP contribution in [-0.4, -0.2) is 65.1 Å². The molecule has 0 saturated heterocycles. The lowest BCUT2D eigenvalue weighted by molar-refractivity contribution is -0.153. The van der Waals surface area contributed by atoms with E-state index in [0.717, 1.165) is 25.7 Å². The molecule has 3 rings (SSSR count). The lowest BCUT2D eigenvalue weighted by Crippen LogP contribution is -2.49. The van der Waals surface area contributed by atoms with Gasteiger partial charge in [-0.2, -0.15) is 0 Å². The predicted molar refractivity (Wildman–Crippen MR) is 230 cm³/mol.